The van der Waals surface area contributed by atoms with Crippen molar-refractivity contribution in [2.75, 3.05) is 5.33 Å². The molecule has 1 heterocycles. The van der Waals surface area contributed by atoms with Crippen LogP contribution >= 0.6 is 31.9 Å². The van der Waals surface area contributed by atoms with Crippen molar-refractivity contribution in [2.45, 2.75) is 13.5 Å². The summed E-state index contributed by atoms with van der Waals surface area (Å²) in [7, 11) is 0. The van der Waals surface area contributed by atoms with Crippen LogP contribution in [0.15, 0.2) is 10.7 Å². The quantitative estimate of drug-likeness (QED) is 0.485. The second-order valence-electron chi connectivity index (χ2n) is 3.04. The number of nitro groups is 1. The summed E-state index contributed by atoms with van der Waals surface area (Å²) in [5, 5.41) is 15.2. The number of nitrogens with zero attached hydrogens (tertiary/aromatic N) is 3. The Morgan fingerprint density at radius 1 is 1.79 bits per heavy atom. The van der Waals surface area contributed by atoms with Gasteiger partial charge in [0.2, 0.25) is 0 Å². The molecule has 14 heavy (non-hydrogen) atoms. The van der Waals surface area contributed by atoms with Crippen molar-refractivity contribution in [2.24, 2.45) is 5.92 Å². The standard InChI is InChI=1S/C7H9Br2N3O2/c1-5(2-8)3-11-4-6(9)7(10-11)12(13)14/h4-5H,2-3H2,1H3. The van der Waals surface area contributed by atoms with E-state index >= 15 is 0 Å². The summed E-state index contributed by atoms with van der Waals surface area (Å²) in [6, 6.07) is 0. The minimum atomic E-state index is -0.501. The fraction of sp³-hybridized carbons (Fsp3) is 0.571. The van der Waals surface area contributed by atoms with Crippen molar-refractivity contribution in [3.63, 3.8) is 0 Å². The summed E-state index contributed by atoms with van der Waals surface area (Å²) in [6.45, 7) is 2.70. The molecule has 0 saturated heterocycles. The molecular formula is C7H9Br2N3O2. The van der Waals surface area contributed by atoms with Gasteiger partial charge in [-0.25, -0.2) is 0 Å². The van der Waals surface area contributed by atoms with Gasteiger partial charge in [0.15, 0.2) is 0 Å². The molecule has 0 aliphatic carbocycles. The maximum atomic E-state index is 10.5. The third kappa shape index (κ3) is 2.78. The normalized spacial score (nSPS) is 12.8. The number of rotatable bonds is 4. The Morgan fingerprint density at radius 3 is 2.86 bits per heavy atom. The fourth-order valence-electron chi connectivity index (χ4n) is 0.972. The summed E-state index contributed by atoms with van der Waals surface area (Å²) in [5.41, 5.74) is 0. The molecule has 0 amide bonds. The van der Waals surface area contributed by atoms with Gasteiger partial charge in [-0.2, -0.15) is 4.68 Å². The van der Waals surface area contributed by atoms with Crippen LogP contribution in [-0.2, 0) is 6.54 Å². The summed E-state index contributed by atoms with van der Waals surface area (Å²) >= 11 is 6.43. The van der Waals surface area contributed by atoms with Gasteiger partial charge in [-0.1, -0.05) is 22.9 Å². The monoisotopic (exact) mass is 325 g/mol. The van der Waals surface area contributed by atoms with Crippen molar-refractivity contribution < 1.29 is 4.92 Å². The minimum absolute atomic E-state index is 0.133. The van der Waals surface area contributed by atoms with Crippen LogP contribution in [0.5, 0.6) is 0 Å². The molecule has 78 valence electrons. The highest BCUT2D eigenvalue weighted by Crippen LogP contribution is 2.22. The zero-order chi connectivity index (χ0) is 10.7. The Labute approximate surface area is 97.9 Å². The molecule has 0 bridgehead atoms. The minimum Gasteiger partial charge on any atom is -0.358 e. The predicted octanol–water partition coefficient (Wildman–Crippen LogP) is 2.58. The van der Waals surface area contributed by atoms with Gasteiger partial charge >= 0.3 is 5.82 Å². The lowest BCUT2D eigenvalue weighted by Crippen LogP contribution is -2.09. The Kier molecular flexibility index (Phi) is 4.06. The van der Waals surface area contributed by atoms with Gasteiger partial charge in [-0.05, 0) is 26.8 Å². The molecule has 0 aromatic carbocycles. The van der Waals surface area contributed by atoms with Gasteiger partial charge < -0.3 is 10.1 Å². The Balaban J connectivity index is 2.81. The van der Waals surface area contributed by atoms with E-state index in [1.807, 2.05) is 6.92 Å². The number of hydrogen-bond acceptors (Lipinski definition) is 3. The highest BCUT2D eigenvalue weighted by atomic mass is 79.9. The molecule has 1 atom stereocenters. The summed E-state index contributed by atoms with van der Waals surface area (Å²) in [6.07, 6.45) is 1.62. The summed E-state index contributed by atoms with van der Waals surface area (Å²) in [5.74, 6) is 0.258. The number of hydrogen-bond donors (Lipinski definition) is 0. The Morgan fingerprint density at radius 2 is 2.43 bits per heavy atom. The zero-order valence-corrected chi connectivity index (χ0v) is 10.7. The van der Waals surface area contributed by atoms with E-state index in [1.54, 1.807) is 10.9 Å². The molecule has 5 nitrogen and oxygen atoms in total. The van der Waals surface area contributed by atoms with Crippen LogP contribution in [0.4, 0.5) is 5.82 Å². The lowest BCUT2D eigenvalue weighted by molar-refractivity contribution is -0.390. The van der Waals surface area contributed by atoms with Crippen LogP contribution in [0.1, 0.15) is 6.92 Å². The molecule has 0 fully saturated rings. The average Bonchev–Trinajstić information content (AvgIpc) is 2.46. The predicted molar refractivity (Wildman–Crippen MR) is 59.5 cm³/mol. The van der Waals surface area contributed by atoms with E-state index in [2.05, 4.69) is 37.0 Å². The fourth-order valence-corrected chi connectivity index (χ4v) is 1.64. The van der Waals surface area contributed by atoms with Crippen molar-refractivity contribution in [1.29, 1.82) is 0 Å². The Hall–Kier alpha value is -0.430. The summed E-state index contributed by atoms with van der Waals surface area (Å²) in [4.78, 5) is 9.98. The molecule has 1 rings (SSSR count). The van der Waals surface area contributed by atoms with Crippen molar-refractivity contribution in [3.05, 3.63) is 20.8 Å². The van der Waals surface area contributed by atoms with E-state index in [-0.39, 0.29) is 5.82 Å². The maximum absolute atomic E-state index is 10.5. The first-order valence-corrected chi connectivity index (χ1v) is 5.89. The van der Waals surface area contributed by atoms with E-state index in [9.17, 15) is 10.1 Å². The third-order valence-corrected chi connectivity index (χ3v) is 3.30. The van der Waals surface area contributed by atoms with Crippen LogP contribution in [0.3, 0.4) is 0 Å². The third-order valence-electron chi connectivity index (χ3n) is 1.63. The van der Waals surface area contributed by atoms with Crippen LogP contribution in [0.25, 0.3) is 0 Å². The molecule has 7 heteroatoms. The first kappa shape index (κ1) is 11.6. The molecule has 0 aliphatic heterocycles. The molecule has 0 saturated carbocycles. The van der Waals surface area contributed by atoms with E-state index in [0.717, 1.165) is 5.33 Å². The van der Waals surface area contributed by atoms with E-state index < -0.39 is 4.92 Å². The second-order valence-corrected chi connectivity index (χ2v) is 4.54. The Bertz CT molecular complexity index is 340. The molecule has 0 spiro atoms. The van der Waals surface area contributed by atoms with Gasteiger partial charge in [-0.15, -0.1) is 0 Å². The van der Waals surface area contributed by atoms with Gasteiger partial charge in [-0.3, -0.25) is 0 Å². The highest BCUT2D eigenvalue weighted by Gasteiger charge is 2.19. The first-order chi connectivity index (χ1) is 6.54. The topological polar surface area (TPSA) is 61.0 Å². The van der Waals surface area contributed by atoms with Gasteiger partial charge in [0, 0.05) is 5.33 Å². The van der Waals surface area contributed by atoms with E-state index in [0.29, 0.717) is 16.9 Å². The van der Waals surface area contributed by atoms with Crippen LogP contribution in [0.2, 0.25) is 0 Å². The zero-order valence-electron chi connectivity index (χ0n) is 7.48. The highest BCUT2D eigenvalue weighted by molar-refractivity contribution is 9.10. The van der Waals surface area contributed by atoms with Gasteiger partial charge in [0.1, 0.15) is 4.47 Å². The molecule has 0 N–H and O–H groups in total. The van der Waals surface area contributed by atoms with E-state index in [4.69, 9.17) is 0 Å². The number of aromatic nitrogens is 2. The van der Waals surface area contributed by atoms with Crippen LogP contribution in [0, 0.1) is 16.0 Å². The van der Waals surface area contributed by atoms with Crippen molar-refractivity contribution >= 4 is 37.7 Å². The number of halogens is 2. The first-order valence-electron chi connectivity index (χ1n) is 3.98. The van der Waals surface area contributed by atoms with Crippen molar-refractivity contribution in [1.82, 2.24) is 9.78 Å². The van der Waals surface area contributed by atoms with Gasteiger partial charge in [0.05, 0.1) is 17.8 Å². The van der Waals surface area contributed by atoms with Crippen LogP contribution < -0.4 is 0 Å². The lowest BCUT2D eigenvalue weighted by atomic mass is 10.2. The molecule has 1 aromatic rings. The van der Waals surface area contributed by atoms with Crippen molar-refractivity contribution in [3.8, 4) is 0 Å². The second kappa shape index (κ2) is 4.88. The number of alkyl halides is 1. The average molecular weight is 327 g/mol. The molecule has 0 radical (unpaired) electrons. The SMILES string of the molecule is CC(CBr)Cn1cc(Br)c([N+](=O)[O-])n1. The lowest BCUT2D eigenvalue weighted by Gasteiger charge is -2.02. The van der Waals surface area contributed by atoms with Gasteiger partial charge in [0.25, 0.3) is 0 Å². The molecule has 1 unspecified atom stereocenters. The maximum Gasteiger partial charge on any atom is 0.404 e. The molecule has 1 aromatic heterocycles. The molecule has 0 aliphatic rings. The smallest absolute Gasteiger partial charge is 0.358 e. The van der Waals surface area contributed by atoms with Crippen LogP contribution in [-0.4, -0.2) is 20.0 Å². The molecular weight excluding hydrogens is 318 g/mol. The van der Waals surface area contributed by atoms with E-state index in [1.165, 1.54) is 0 Å². The largest absolute Gasteiger partial charge is 0.404 e. The summed E-state index contributed by atoms with van der Waals surface area (Å²) < 4.78 is 2.00.